The number of nitrogens with zero attached hydrogens (tertiary/aromatic N) is 1. The fourth-order valence-electron chi connectivity index (χ4n) is 2.76. The first kappa shape index (κ1) is 14.4. The van der Waals surface area contributed by atoms with Gasteiger partial charge in [-0.1, -0.05) is 32.9 Å². The lowest BCUT2D eigenvalue weighted by Crippen LogP contribution is -2.42. The number of benzene rings is 1. The third-order valence-electron chi connectivity index (χ3n) is 4.10. The van der Waals surface area contributed by atoms with E-state index in [0.717, 1.165) is 12.6 Å². The molecule has 2 heteroatoms. The predicted molar refractivity (Wildman–Crippen MR) is 84.1 cm³/mol. The molecule has 1 N–H and O–H groups in total. The molecule has 1 aromatic rings. The summed E-state index contributed by atoms with van der Waals surface area (Å²) in [5.74, 6) is 0.623. The maximum Gasteiger partial charge on any atom is 0.0366 e. The Morgan fingerprint density at radius 2 is 1.79 bits per heavy atom. The van der Waals surface area contributed by atoms with Gasteiger partial charge in [-0.25, -0.2) is 0 Å². The molecule has 2 rings (SSSR count). The summed E-state index contributed by atoms with van der Waals surface area (Å²) in [5.41, 5.74) is 2.82. The minimum atomic E-state index is 0.623. The Morgan fingerprint density at radius 3 is 2.32 bits per heavy atom. The smallest absolute Gasteiger partial charge is 0.0366 e. The largest absolute Gasteiger partial charge is 0.371 e. The van der Waals surface area contributed by atoms with Gasteiger partial charge in [-0.2, -0.15) is 0 Å². The standard InChI is InChI=1S/C17H28N2/c1-4-11-18-16-9-12-19(13-10-16)17-7-5-15(6-8-17)14(2)3/h5-8,14,16,18H,4,9-13H2,1-3H3. The molecule has 0 aromatic heterocycles. The molecule has 1 aromatic carbocycles. The molecule has 1 heterocycles. The van der Waals surface area contributed by atoms with Gasteiger partial charge in [0.2, 0.25) is 0 Å². The average Bonchev–Trinajstić information content (AvgIpc) is 2.46. The molecule has 1 aliphatic heterocycles. The zero-order valence-corrected chi connectivity index (χ0v) is 12.7. The van der Waals surface area contributed by atoms with Crippen LogP contribution in [0.4, 0.5) is 5.69 Å². The first-order chi connectivity index (χ1) is 9.20. The lowest BCUT2D eigenvalue weighted by molar-refractivity contribution is 0.416. The van der Waals surface area contributed by atoms with E-state index in [1.165, 1.54) is 43.6 Å². The molecule has 0 spiro atoms. The number of hydrogen-bond donors (Lipinski definition) is 1. The van der Waals surface area contributed by atoms with Crippen LogP contribution in [0.1, 0.15) is 51.5 Å². The lowest BCUT2D eigenvalue weighted by Gasteiger charge is -2.34. The first-order valence-corrected chi connectivity index (χ1v) is 7.79. The van der Waals surface area contributed by atoms with Crippen LogP contribution >= 0.6 is 0 Å². The topological polar surface area (TPSA) is 15.3 Å². The fourth-order valence-corrected chi connectivity index (χ4v) is 2.76. The number of hydrogen-bond acceptors (Lipinski definition) is 2. The minimum Gasteiger partial charge on any atom is -0.371 e. The summed E-state index contributed by atoms with van der Waals surface area (Å²) in [6, 6.07) is 9.86. The third kappa shape index (κ3) is 3.97. The van der Waals surface area contributed by atoms with Crippen LogP contribution in [0, 0.1) is 0 Å². The highest BCUT2D eigenvalue weighted by atomic mass is 15.1. The van der Waals surface area contributed by atoms with E-state index in [9.17, 15) is 0 Å². The Morgan fingerprint density at radius 1 is 1.16 bits per heavy atom. The zero-order chi connectivity index (χ0) is 13.7. The van der Waals surface area contributed by atoms with Crippen LogP contribution in [-0.4, -0.2) is 25.7 Å². The number of piperidine rings is 1. The molecule has 1 saturated heterocycles. The Kier molecular flexibility index (Phi) is 5.26. The highest BCUT2D eigenvalue weighted by molar-refractivity contribution is 5.48. The van der Waals surface area contributed by atoms with E-state index >= 15 is 0 Å². The zero-order valence-electron chi connectivity index (χ0n) is 12.7. The van der Waals surface area contributed by atoms with Crippen molar-refractivity contribution in [1.29, 1.82) is 0 Å². The van der Waals surface area contributed by atoms with Crippen molar-refractivity contribution in [3.05, 3.63) is 29.8 Å². The van der Waals surface area contributed by atoms with Gasteiger partial charge in [-0.05, 0) is 49.4 Å². The second kappa shape index (κ2) is 6.95. The quantitative estimate of drug-likeness (QED) is 0.867. The molecule has 1 aliphatic rings. The second-order valence-corrected chi connectivity index (χ2v) is 5.96. The highest BCUT2D eigenvalue weighted by Crippen LogP contribution is 2.23. The van der Waals surface area contributed by atoms with Gasteiger partial charge in [0.25, 0.3) is 0 Å². The van der Waals surface area contributed by atoms with Crippen molar-refractivity contribution >= 4 is 5.69 Å². The number of anilines is 1. The Balaban J connectivity index is 1.87. The van der Waals surface area contributed by atoms with Crippen LogP contribution in [-0.2, 0) is 0 Å². The number of rotatable bonds is 5. The van der Waals surface area contributed by atoms with Gasteiger partial charge >= 0.3 is 0 Å². The summed E-state index contributed by atoms with van der Waals surface area (Å²) < 4.78 is 0. The molecule has 0 radical (unpaired) electrons. The molecule has 2 nitrogen and oxygen atoms in total. The van der Waals surface area contributed by atoms with Gasteiger partial charge in [0.1, 0.15) is 0 Å². The number of nitrogens with one attached hydrogen (secondary N) is 1. The van der Waals surface area contributed by atoms with Crippen LogP contribution in [0.15, 0.2) is 24.3 Å². The predicted octanol–water partition coefficient (Wildman–Crippen LogP) is 3.78. The molecule has 0 amide bonds. The van der Waals surface area contributed by atoms with E-state index < -0.39 is 0 Å². The maximum absolute atomic E-state index is 3.64. The lowest BCUT2D eigenvalue weighted by atomic mass is 10.0. The molecular formula is C17H28N2. The summed E-state index contributed by atoms with van der Waals surface area (Å²) in [5, 5.41) is 3.64. The summed E-state index contributed by atoms with van der Waals surface area (Å²) in [6.45, 7) is 10.3. The van der Waals surface area contributed by atoms with Gasteiger partial charge in [0.15, 0.2) is 0 Å². The molecule has 0 saturated carbocycles. The molecule has 106 valence electrons. The highest BCUT2D eigenvalue weighted by Gasteiger charge is 2.18. The van der Waals surface area contributed by atoms with E-state index in [2.05, 4.69) is 55.3 Å². The van der Waals surface area contributed by atoms with Crippen molar-refractivity contribution in [3.63, 3.8) is 0 Å². The van der Waals surface area contributed by atoms with Crippen LogP contribution in [0.2, 0.25) is 0 Å². The molecule has 19 heavy (non-hydrogen) atoms. The van der Waals surface area contributed by atoms with E-state index in [-0.39, 0.29) is 0 Å². The van der Waals surface area contributed by atoms with E-state index in [1.54, 1.807) is 0 Å². The van der Waals surface area contributed by atoms with Gasteiger partial charge in [-0.3, -0.25) is 0 Å². The van der Waals surface area contributed by atoms with Gasteiger partial charge in [-0.15, -0.1) is 0 Å². The van der Waals surface area contributed by atoms with E-state index in [0.29, 0.717) is 5.92 Å². The third-order valence-corrected chi connectivity index (χ3v) is 4.10. The van der Waals surface area contributed by atoms with Crippen LogP contribution in [0.25, 0.3) is 0 Å². The van der Waals surface area contributed by atoms with Gasteiger partial charge < -0.3 is 10.2 Å². The van der Waals surface area contributed by atoms with Crippen molar-refractivity contribution in [3.8, 4) is 0 Å². The minimum absolute atomic E-state index is 0.623. The van der Waals surface area contributed by atoms with Crippen molar-refractivity contribution < 1.29 is 0 Å². The molecule has 0 unspecified atom stereocenters. The fraction of sp³-hybridized carbons (Fsp3) is 0.647. The van der Waals surface area contributed by atoms with Crippen LogP contribution < -0.4 is 10.2 Å². The van der Waals surface area contributed by atoms with Crippen molar-refractivity contribution in [2.75, 3.05) is 24.5 Å². The average molecular weight is 260 g/mol. The summed E-state index contributed by atoms with van der Waals surface area (Å²) in [6.07, 6.45) is 3.77. The first-order valence-electron chi connectivity index (χ1n) is 7.79. The normalized spacial score (nSPS) is 17.2. The van der Waals surface area contributed by atoms with E-state index in [1.807, 2.05) is 0 Å². The van der Waals surface area contributed by atoms with Crippen molar-refractivity contribution in [2.24, 2.45) is 0 Å². The van der Waals surface area contributed by atoms with E-state index in [4.69, 9.17) is 0 Å². The SMILES string of the molecule is CCCNC1CCN(c2ccc(C(C)C)cc2)CC1. The summed E-state index contributed by atoms with van der Waals surface area (Å²) >= 11 is 0. The molecule has 0 bridgehead atoms. The molecule has 0 atom stereocenters. The molecular weight excluding hydrogens is 232 g/mol. The summed E-state index contributed by atoms with van der Waals surface area (Å²) in [7, 11) is 0. The van der Waals surface area contributed by atoms with Crippen LogP contribution in [0.3, 0.4) is 0 Å². The van der Waals surface area contributed by atoms with Crippen LogP contribution in [0.5, 0.6) is 0 Å². The van der Waals surface area contributed by atoms with Gasteiger partial charge in [0.05, 0.1) is 0 Å². The van der Waals surface area contributed by atoms with Crippen molar-refractivity contribution in [1.82, 2.24) is 5.32 Å². The molecule has 1 fully saturated rings. The maximum atomic E-state index is 3.64. The Bertz CT molecular complexity index is 361. The summed E-state index contributed by atoms with van der Waals surface area (Å²) in [4.78, 5) is 2.52. The van der Waals surface area contributed by atoms with Gasteiger partial charge in [0, 0.05) is 24.8 Å². The second-order valence-electron chi connectivity index (χ2n) is 5.96. The monoisotopic (exact) mass is 260 g/mol. The Labute approximate surface area is 118 Å². The van der Waals surface area contributed by atoms with Crippen molar-refractivity contribution in [2.45, 2.75) is 52.0 Å². The molecule has 0 aliphatic carbocycles. The Hall–Kier alpha value is -1.02.